The van der Waals surface area contributed by atoms with Gasteiger partial charge >= 0.3 is 5.97 Å². The van der Waals surface area contributed by atoms with Crippen molar-refractivity contribution < 1.29 is 24.2 Å². The molecule has 0 atom stereocenters. The van der Waals surface area contributed by atoms with Crippen LogP contribution in [0.3, 0.4) is 0 Å². The number of hydrogen-bond acceptors (Lipinski definition) is 5. The van der Waals surface area contributed by atoms with Gasteiger partial charge in [0, 0.05) is 57.9 Å². The van der Waals surface area contributed by atoms with Crippen molar-refractivity contribution in [2.45, 2.75) is 50.9 Å². The predicted octanol–water partition coefficient (Wildman–Crippen LogP) is 4.35. The molecule has 1 aromatic rings. The first-order chi connectivity index (χ1) is 14.4. The van der Waals surface area contributed by atoms with E-state index in [-0.39, 0.29) is 24.5 Å². The number of rotatable bonds is 5. The van der Waals surface area contributed by atoms with Crippen LogP contribution < -0.4 is 4.74 Å². The number of hydrogen-bond donors (Lipinski definition) is 1. The highest BCUT2D eigenvalue weighted by Crippen LogP contribution is 2.51. The summed E-state index contributed by atoms with van der Waals surface area (Å²) in [6.45, 7) is 0.274. The standard InChI is InChI=1S/C23H24BrNO5/c1-30-19-9-8-13(24)12-14(19)21-22-15(4-2-6-17(22)26)25(11-10-20(28)29)16-5-3-7-18(27)23(16)21/h8-9,12,21H,2-7,10-11H2,1H3,(H,28,29). The Kier molecular flexibility index (Phi) is 5.82. The fraction of sp³-hybridized carbons (Fsp3) is 0.435. The van der Waals surface area contributed by atoms with E-state index in [0.717, 1.165) is 34.3 Å². The lowest BCUT2D eigenvalue weighted by Gasteiger charge is -2.44. The number of methoxy groups -OCH3 is 1. The summed E-state index contributed by atoms with van der Waals surface area (Å²) in [4.78, 5) is 39.6. The Bertz CT molecular complexity index is 949. The highest BCUT2D eigenvalue weighted by atomic mass is 79.9. The average molecular weight is 474 g/mol. The minimum absolute atomic E-state index is 0.0357. The number of allylic oxidation sites excluding steroid dienone is 4. The van der Waals surface area contributed by atoms with Gasteiger partial charge in [-0.25, -0.2) is 0 Å². The zero-order valence-electron chi connectivity index (χ0n) is 16.9. The van der Waals surface area contributed by atoms with Crippen molar-refractivity contribution in [3.05, 3.63) is 50.8 Å². The number of carboxylic acids is 1. The highest BCUT2D eigenvalue weighted by molar-refractivity contribution is 9.10. The molecule has 0 amide bonds. The molecule has 1 aliphatic heterocycles. The van der Waals surface area contributed by atoms with Crippen LogP contribution in [0.5, 0.6) is 5.75 Å². The lowest BCUT2D eigenvalue weighted by atomic mass is 9.70. The Labute approximate surface area is 183 Å². The smallest absolute Gasteiger partial charge is 0.305 e. The second kappa shape index (κ2) is 8.38. The van der Waals surface area contributed by atoms with Crippen LogP contribution in [0.15, 0.2) is 45.2 Å². The van der Waals surface area contributed by atoms with Crippen LogP contribution in [-0.2, 0) is 14.4 Å². The van der Waals surface area contributed by atoms with Gasteiger partial charge in [0.2, 0.25) is 0 Å². The second-order valence-electron chi connectivity index (χ2n) is 7.89. The molecule has 0 saturated heterocycles. The SMILES string of the molecule is COc1ccc(Br)cc1C1C2=C(CCCC2=O)N(CCC(=O)O)C2=C1C(=O)CCC2. The summed E-state index contributed by atoms with van der Waals surface area (Å²) in [5.41, 5.74) is 3.84. The summed E-state index contributed by atoms with van der Waals surface area (Å²) < 4.78 is 6.46. The van der Waals surface area contributed by atoms with Crippen molar-refractivity contribution in [1.29, 1.82) is 0 Å². The predicted molar refractivity (Wildman–Crippen MR) is 114 cm³/mol. The van der Waals surface area contributed by atoms with Gasteiger partial charge in [0.15, 0.2) is 11.6 Å². The number of carbonyl (C=O) groups is 3. The largest absolute Gasteiger partial charge is 0.496 e. The van der Waals surface area contributed by atoms with Crippen LogP contribution in [0.25, 0.3) is 0 Å². The van der Waals surface area contributed by atoms with Crippen molar-refractivity contribution in [3.63, 3.8) is 0 Å². The lowest BCUT2D eigenvalue weighted by molar-refractivity contribution is -0.137. The third kappa shape index (κ3) is 3.60. The van der Waals surface area contributed by atoms with Crippen LogP contribution in [0, 0.1) is 0 Å². The number of aliphatic carboxylic acids is 1. The summed E-state index contributed by atoms with van der Waals surface area (Å²) in [6.07, 6.45) is 3.72. The molecule has 30 heavy (non-hydrogen) atoms. The molecular formula is C23H24BrNO5. The molecule has 0 radical (unpaired) electrons. The third-order valence-electron chi connectivity index (χ3n) is 6.14. The van der Waals surface area contributed by atoms with E-state index in [1.54, 1.807) is 7.11 Å². The Morgan fingerprint density at radius 2 is 1.70 bits per heavy atom. The molecule has 6 nitrogen and oxygen atoms in total. The summed E-state index contributed by atoms with van der Waals surface area (Å²) in [5.74, 6) is -0.650. The fourth-order valence-corrected chi connectivity index (χ4v) is 5.31. The Morgan fingerprint density at radius 1 is 1.10 bits per heavy atom. The molecule has 3 aliphatic rings. The normalized spacial score (nSPS) is 19.7. The molecule has 0 saturated carbocycles. The molecule has 2 aliphatic carbocycles. The maximum atomic E-state index is 13.2. The van der Waals surface area contributed by atoms with Gasteiger partial charge in [-0.15, -0.1) is 0 Å². The Balaban J connectivity index is 1.96. The van der Waals surface area contributed by atoms with Gasteiger partial charge < -0.3 is 14.7 Å². The quantitative estimate of drug-likeness (QED) is 0.684. The summed E-state index contributed by atoms with van der Waals surface area (Å²) in [6, 6.07) is 5.65. The van der Waals surface area contributed by atoms with E-state index in [0.29, 0.717) is 42.6 Å². The van der Waals surface area contributed by atoms with E-state index in [9.17, 15) is 19.5 Å². The zero-order valence-corrected chi connectivity index (χ0v) is 18.5. The summed E-state index contributed by atoms with van der Waals surface area (Å²) in [7, 11) is 1.59. The molecule has 158 valence electrons. The summed E-state index contributed by atoms with van der Waals surface area (Å²) in [5, 5.41) is 9.25. The van der Waals surface area contributed by atoms with Crippen molar-refractivity contribution in [3.8, 4) is 5.75 Å². The molecular weight excluding hydrogens is 450 g/mol. The molecule has 1 aromatic carbocycles. The molecule has 0 unspecified atom stereocenters. The first-order valence-electron chi connectivity index (χ1n) is 10.3. The zero-order chi connectivity index (χ0) is 21.4. The van der Waals surface area contributed by atoms with Gasteiger partial charge in [0.1, 0.15) is 5.75 Å². The molecule has 0 aromatic heterocycles. The maximum absolute atomic E-state index is 13.2. The van der Waals surface area contributed by atoms with Gasteiger partial charge in [-0.2, -0.15) is 0 Å². The van der Waals surface area contributed by atoms with Gasteiger partial charge in [-0.1, -0.05) is 15.9 Å². The third-order valence-corrected chi connectivity index (χ3v) is 6.63. The minimum atomic E-state index is -0.889. The monoisotopic (exact) mass is 473 g/mol. The number of Topliss-reactive ketones (excluding diaryl/α,β-unsaturated/α-hetero) is 2. The van der Waals surface area contributed by atoms with E-state index in [1.807, 2.05) is 23.1 Å². The van der Waals surface area contributed by atoms with Crippen molar-refractivity contribution in [2.75, 3.05) is 13.7 Å². The van der Waals surface area contributed by atoms with Gasteiger partial charge in [-0.05, 0) is 43.9 Å². The maximum Gasteiger partial charge on any atom is 0.305 e. The average Bonchev–Trinajstić information content (AvgIpc) is 2.71. The van der Waals surface area contributed by atoms with Gasteiger partial charge in [0.05, 0.1) is 13.5 Å². The summed E-state index contributed by atoms with van der Waals surface area (Å²) >= 11 is 3.52. The Hall–Kier alpha value is -2.41. The topological polar surface area (TPSA) is 83.9 Å². The molecule has 0 spiro atoms. The van der Waals surface area contributed by atoms with E-state index in [4.69, 9.17) is 4.74 Å². The van der Waals surface area contributed by atoms with Crippen LogP contribution in [0.4, 0.5) is 0 Å². The molecule has 0 fully saturated rings. The van der Waals surface area contributed by atoms with Crippen molar-refractivity contribution in [1.82, 2.24) is 4.90 Å². The molecule has 4 rings (SSSR count). The van der Waals surface area contributed by atoms with Crippen molar-refractivity contribution >= 4 is 33.5 Å². The molecule has 0 bridgehead atoms. The number of carboxylic acid groups (broad SMARTS) is 1. The Morgan fingerprint density at radius 3 is 2.23 bits per heavy atom. The van der Waals surface area contributed by atoms with Gasteiger partial charge in [0.25, 0.3) is 0 Å². The first kappa shape index (κ1) is 20.8. The van der Waals surface area contributed by atoms with Crippen LogP contribution >= 0.6 is 15.9 Å². The van der Waals surface area contributed by atoms with Crippen molar-refractivity contribution in [2.24, 2.45) is 0 Å². The van der Waals surface area contributed by atoms with Crippen LogP contribution in [0.1, 0.15) is 56.4 Å². The fourth-order valence-electron chi connectivity index (χ4n) is 4.94. The molecule has 1 heterocycles. The van der Waals surface area contributed by atoms with E-state index in [2.05, 4.69) is 15.9 Å². The second-order valence-corrected chi connectivity index (χ2v) is 8.80. The van der Waals surface area contributed by atoms with Crippen LogP contribution in [0.2, 0.25) is 0 Å². The van der Waals surface area contributed by atoms with Gasteiger partial charge in [-0.3, -0.25) is 14.4 Å². The number of ketones is 2. The molecule has 1 N–H and O–H groups in total. The highest BCUT2D eigenvalue weighted by Gasteiger charge is 2.44. The van der Waals surface area contributed by atoms with E-state index in [1.165, 1.54) is 0 Å². The number of nitrogens with zero attached hydrogens (tertiary/aromatic N) is 1. The van der Waals surface area contributed by atoms with E-state index >= 15 is 0 Å². The first-order valence-corrected chi connectivity index (χ1v) is 11.1. The number of halogens is 1. The minimum Gasteiger partial charge on any atom is -0.496 e. The van der Waals surface area contributed by atoms with E-state index < -0.39 is 11.9 Å². The number of carbonyl (C=O) groups excluding carboxylic acids is 2. The number of ether oxygens (including phenoxy) is 1. The van der Waals surface area contributed by atoms with Crippen LogP contribution in [-0.4, -0.2) is 41.2 Å². The molecule has 7 heteroatoms. The number of benzene rings is 1. The lowest BCUT2D eigenvalue weighted by Crippen LogP contribution is -2.40.